The van der Waals surface area contributed by atoms with Gasteiger partial charge in [0.25, 0.3) is 5.91 Å². The molecule has 8 heteroatoms. The Morgan fingerprint density at radius 2 is 2.14 bits per heavy atom. The smallest absolute Gasteiger partial charge is 0.251 e. The number of aliphatic hydroxyl groups is 1. The first-order valence-corrected chi connectivity index (χ1v) is 12.3. The van der Waals surface area contributed by atoms with Crippen LogP contribution in [0.25, 0.3) is 0 Å². The van der Waals surface area contributed by atoms with Gasteiger partial charge < -0.3 is 24.9 Å². The Balaban J connectivity index is 1.07. The summed E-state index contributed by atoms with van der Waals surface area (Å²) in [5, 5.41) is 16.9. The third-order valence-corrected chi connectivity index (χ3v) is 6.70. The second-order valence-electron chi connectivity index (χ2n) is 9.39. The number of carbonyl (C=O) groups excluding carboxylic acids is 1. The SMILES string of the molecule is O=C(NC[C@H](O)CN1CCc2cc(OCc3cnco3)ccc2C1)c1cccc(NC2CCC2)c1. The van der Waals surface area contributed by atoms with Crippen LogP contribution in [0.15, 0.2) is 59.5 Å². The van der Waals surface area contributed by atoms with Gasteiger partial charge in [-0.15, -0.1) is 0 Å². The Hall–Kier alpha value is -3.36. The van der Waals surface area contributed by atoms with Crippen LogP contribution in [0.2, 0.25) is 0 Å². The lowest BCUT2D eigenvalue weighted by Gasteiger charge is -2.30. The highest BCUT2D eigenvalue weighted by atomic mass is 16.5. The molecule has 3 aromatic rings. The van der Waals surface area contributed by atoms with Gasteiger partial charge in [0.05, 0.1) is 12.3 Å². The lowest BCUT2D eigenvalue weighted by Crippen LogP contribution is -2.42. The minimum Gasteiger partial charge on any atom is -0.486 e. The van der Waals surface area contributed by atoms with Crippen molar-refractivity contribution >= 4 is 11.6 Å². The Kier molecular flexibility index (Phi) is 7.30. The summed E-state index contributed by atoms with van der Waals surface area (Å²) < 4.78 is 11.0. The van der Waals surface area contributed by atoms with Crippen molar-refractivity contribution in [2.45, 2.75) is 51.0 Å². The van der Waals surface area contributed by atoms with Crippen LogP contribution in [0.4, 0.5) is 5.69 Å². The number of β-amino-alcohol motifs (C(OH)–C–C–N with tert-alkyl or cyclic N) is 1. The quantitative estimate of drug-likeness (QED) is 0.413. The molecule has 2 heterocycles. The van der Waals surface area contributed by atoms with Crippen molar-refractivity contribution in [2.75, 3.05) is 25.0 Å². The van der Waals surface area contributed by atoms with Crippen molar-refractivity contribution in [3.05, 3.63) is 77.5 Å². The van der Waals surface area contributed by atoms with Gasteiger partial charge in [0, 0.05) is 43.5 Å². The molecule has 0 saturated heterocycles. The number of oxazole rings is 1. The molecule has 0 spiro atoms. The van der Waals surface area contributed by atoms with Crippen LogP contribution in [0.1, 0.15) is 46.5 Å². The molecule has 0 radical (unpaired) electrons. The average Bonchev–Trinajstić information content (AvgIpc) is 3.37. The molecule has 3 N–H and O–H groups in total. The van der Waals surface area contributed by atoms with E-state index >= 15 is 0 Å². The van der Waals surface area contributed by atoms with Gasteiger partial charge in [-0.1, -0.05) is 12.1 Å². The molecule has 0 unspecified atom stereocenters. The number of ether oxygens (including phenoxy) is 1. The van der Waals surface area contributed by atoms with Crippen molar-refractivity contribution in [2.24, 2.45) is 0 Å². The van der Waals surface area contributed by atoms with Crippen molar-refractivity contribution in [3.8, 4) is 5.75 Å². The molecule has 1 amide bonds. The highest BCUT2D eigenvalue weighted by Gasteiger charge is 2.20. The average molecular weight is 477 g/mol. The van der Waals surface area contributed by atoms with E-state index in [1.807, 2.05) is 24.3 Å². The number of amides is 1. The number of hydrogen-bond acceptors (Lipinski definition) is 7. The maximum Gasteiger partial charge on any atom is 0.251 e. The van der Waals surface area contributed by atoms with Gasteiger partial charge in [0.2, 0.25) is 0 Å². The normalized spacial score (nSPS) is 16.7. The minimum atomic E-state index is -0.638. The molecule has 1 saturated carbocycles. The fourth-order valence-electron chi connectivity index (χ4n) is 4.51. The van der Waals surface area contributed by atoms with E-state index in [2.05, 4.69) is 32.7 Å². The summed E-state index contributed by atoms with van der Waals surface area (Å²) in [4.78, 5) is 18.7. The summed E-state index contributed by atoms with van der Waals surface area (Å²) in [6.07, 6.45) is 6.92. The molecule has 8 nitrogen and oxygen atoms in total. The molecule has 184 valence electrons. The van der Waals surface area contributed by atoms with Gasteiger partial charge >= 0.3 is 0 Å². The highest BCUT2D eigenvalue weighted by molar-refractivity contribution is 5.95. The number of aliphatic hydroxyl groups excluding tert-OH is 1. The largest absolute Gasteiger partial charge is 0.486 e. The van der Waals surface area contributed by atoms with Gasteiger partial charge in [-0.2, -0.15) is 0 Å². The second-order valence-corrected chi connectivity index (χ2v) is 9.39. The summed E-state index contributed by atoms with van der Waals surface area (Å²) in [6.45, 7) is 2.68. The molecule has 1 aliphatic carbocycles. The number of rotatable bonds is 10. The van der Waals surface area contributed by atoms with Crippen molar-refractivity contribution in [3.63, 3.8) is 0 Å². The lowest BCUT2D eigenvalue weighted by atomic mass is 9.93. The number of carbonyl (C=O) groups is 1. The molecule has 35 heavy (non-hydrogen) atoms. The van der Waals surface area contributed by atoms with Crippen LogP contribution in [0.3, 0.4) is 0 Å². The Bertz CT molecular complexity index is 1130. The molecule has 2 aromatic carbocycles. The maximum absolute atomic E-state index is 12.6. The number of hydrogen-bond donors (Lipinski definition) is 3. The van der Waals surface area contributed by atoms with Crippen LogP contribution in [0, 0.1) is 0 Å². The second kappa shape index (κ2) is 10.9. The van der Waals surface area contributed by atoms with Crippen molar-refractivity contribution in [1.82, 2.24) is 15.2 Å². The molecular weight excluding hydrogens is 444 g/mol. The van der Waals surface area contributed by atoms with E-state index in [9.17, 15) is 9.90 Å². The van der Waals surface area contributed by atoms with E-state index in [4.69, 9.17) is 9.15 Å². The summed E-state index contributed by atoms with van der Waals surface area (Å²) in [7, 11) is 0. The predicted molar refractivity (Wildman–Crippen MR) is 132 cm³/mol. The Labute approximate surface area is 205 Å². The molecule has 0 bridgehead atoms. The summed E-state index contributed by atoms with van der Waals surface area (Å²) >= 11 is 0. The van der Waals surface area contributed by atoms with Gasteiger partial charge in [-0.25, -0.2) is 4.98 Å². The van der Waals surface area contributed by atoms with E-state index < -0.39 is 6.10 Å². The van der Waals surface area contributed by atoms with Gasteiger partial charge in [-0.05, 0) is 67.1 Å². The minimum absolute atomic E-state index is 0.164. The zero-order valence-corrected chi connectivity index (χ0v) is 19.8. The van der Waals surface area contributed by atoms with E-state index in [1.165, 1.54) is 36.8 Å². The Morgan fingerprint density at radius 1 is 1.23 bits per heavy atom. The zero-order chi connectivity index (χ0) is 24.0. The van der Waals surface area contributed by atoms with Gasteiger partial charge in [-0.3, -0.25) is 9.69 Å². The standard InChI is InChI=1S/C27H32N4O4/c32-24(13-29-27(33)20-3-1-6-23(11-20)30-22-4-2-5-22)16-31-10-9-19-12-25(8-7-21(19)15-31)34-17-26-14-28-18-35-26/h1,3,6-8,11-12,14,18,22,24,30,32H,2,4-5,9-10,13,15-17H2,(H,29,33)/t24-/m0/s1. The van der Waals surface area contributed by atoms with Gasteiger partial charge in [0.15, 0.2) is 12.2 Å². The van der Waals surface area contributed by atoms with E-state index in [0.717, 1.165) is 30.9 Å². The molecular formula is C27H32N4O4. The third kappa shape index (κ3) is 6.21. The first-order valence-electron chi connectivity index (χ1n) is 12.3. The first kappa shape index (κ1) is 23.4. The number of nitrogens with one attached hydrogen (secondary N) is 2. The lowest BCUT2D eigenvalue weighted by molar-refractivity contribution is 0.0841. The fourth-order valence-corrected chi connectivity index (χ4v) is 4.51. The van der Waals surface area contributed by atoms with E-state index in [1.54, 1.807) is 12.3 Å². The molecule has 1 atom stereocenters. The monoisotopic (exact) mass is 476 g/mol. The van der Waals surface area contributed by atoms with Crippen LogP contribution < -0.4 is 15.4 Å². The highest BCUT2D eigenvalue weighted by Crippen LogP contribution is 2.25. The number of anilines is 1. The van der Waals surface area contributed by atoms with Crippen LogP contribution in [0.5, 0.6) is 5.75 Å². The Morgan fingerprint density at radius 3 is 2.94 bits per heavy atom. The topological polar surface area (TPSA) is 99.9 Å². The summed E-state index contributed by atoms with van der Waals surface area (Å²) in [6, 6.07) is 14.2. The number of nitrogens with zero attached hydrogens (tertiary/aromatic N) is 2. The predicted octanol–water partition coefficient (Wildman–Crippen LogP) is 3.37. The number of fused-ring (bicyclic) bond motifs is 1. The zero-order valence-electron chi connectivity index (χ0n) is 19.8. The maximum atomic E-state index is 12.6. The first-order chi connectivity index (χ1) is 17.1. The molecule has 1 aromatic heterocycles. The molecule has 1 aliphatic heterocycles. The molecule has 5 rings (SSSR count). The van der Waals surface area contributed by atoms with Crippen LogP contribution >= 0.6 is 0 Å². The van der Waals surface area contributed by atoms with Crippen LogP contribution in [-0.4, -0.2) is 52.7 Å². The van der Waals surface area contributed by atoms with Crippen molar-refractivity contribution in [1.29, 1.82) is 0 Å². The van der Waals surface area contributed by atoms with E-state index in [0.29, 0.717) is 30.5 Å². The summed E-state index contributed by atoms with van der Waals surface area (Å²) in [5.41, 5.74) is 4.07. The number of aromatic nitrogens is 1. The summed E-state index contributed by atoms with van der Waals surface area (Å²) in [5.74, 6) is 1.33. The fraction of sp³-hybridized carbons (Fsp3) is 0.407. The van der Waals surface area contributed by atoms with Crippen LogP contribution in [-0.2, 0) is 19.6 Å². The van der Waals surface area contributed by atoms with E-state index in [-0.39, 0.29) is 12.5 Å². The molecule has 2 aliphatic rings. The molecule has 1 fully saturated rings. The van der Waals surface area contributed by atoms with Gasteiger partial charge in [0.1, 0.15) is 12.4 Å². The number of benzene rings is 2. The third-order valence-electron chi connectivity index (χ3n) is 6.70. The van der Waals surface area contributed by atoms with Crippen molar-refractivity contribution < 1.29 is 19.1 Å².